The van der Waals surface area contributed by atoms with Gasteiger partial charge < -0.3 is 18.9 Å². The lowest BCUT2D eigenvalue weighted by Crippen LogP contribution is -2.25. The number of methoxy groups -OCH3 is 2. The minimum absolute atomic E-state index is 0.408. The maximum absolute atomic E-state index is 12.2. The molecule has 136 valence electrons. The molecule has 0 N–H and O–H groups in total. The van der Waals surface area contributed by atoms with Crippen LogP contribution in [-0.2, 0) is 28.5 Å². The van der Waals surface area contributed by atoms with Crippen LogP contribution < -0.4 is 0 Å². The van der Waals surface area contributed by atoms with Gasteiger partial charge in [0.25, 0.3) is 0 Å². The van der Waals surface area contributed by atoms with Gasteiger partial charge in [0.05, 0.1) is 14.2 Å². The van der Waals surface area contributed by atoms with Crippen LogP contribution in [0.3, 0.4) is 0 Å². The van der Waals surface area contributed by atoms with Gasteiger partial charge in [-0.25, -0.2) is 14.4 Å². The molecule has 26 heavy (non-hydrogen) atoms. The highest BCUT2D eigenvalue weighted by Crippen LogP contribution is 2.23. The average molecular weight is 358 g/mol. The minimum atomic E-state index is -1.32. The Bertz CT molecular complexity index is 679. The maximum Gasteiger partial charge on any atom is 0.510 e. The molecule has 0 radical (unpaired) electrons. The zero-order chi connectivity index (χ0) is 18.9. The summed E-state index contributed by atoms with van der Waals surface area (Å²) in [6.07, 6.45) is -3.84. The van der Waals surface area contributed by atoms with Crippen molar-refractivity contribution in [3.63, 3.8) is 0 Å². The molecule has 2 rings (SSSR count). The first-order chi connectivity index (χ1) is 12.6. The van der Waals surface area contributed by atoms with Gasteiger partial charge in [-0.05, 0) is 0 Å². The first-order valence-corrected chi connectivity index (χ1v) is 7.69. The second kappa shape index (κ2) is 9.22. The molecule has 7 heteroatoms. The van der Waals surface area contributed by atoms with E-state index in [4.69, 9.17) is 9.47 Å². The summed E-state index contributed by atoms with van der Waals surface area (Å²) < 4.78 is 19.5. The monoisotopic (exact) mass is 358 g/mol. The molecular weight excluding hydrogens is 340 g/mol. The fraction of sp³-hybridized carbons (Fsp3) is 0.211. The van der Waals surface area contributed by atoms with Crippen LogP contribution in [0.5, 0.6) is 0 Å². The van der Waals surface area contributed by atoms with Gasteiger partial charge in [-0.15, -0.1) is 0 Å². The van der Waals surface area contributed by atoms with Crippen molar-refractivity contribution in [2.75, 3.05) is 14.2 Å². The summed E-state index contributed by atoms with van der Waals surface area (Å²) in [6, 6.07) is 16.6. The second-order valence-electron chi connectivity index (χ2n) is 5.11. The first kappa shape index (κ1) is 19.0. The summed E-state index contributed by atoms with van der Waals surface area (Å²) in [4.78, 5) is 36.1. The van der Waals surface area contributed by atoms with E-state index in [2.05, 4.69) is 9.47 Å². The quantitative estimate of drug-likeness (QED) is 0.579. The van der Waals surface area contributed by atoms with E-state index in [1.54, 1.807) is 60.7 Å². The molecule has 0 spiro atoms. The molecule has 0 heterocycles. The zero-order valence-electron chi connectivity index (χ0n) is 14.3. The number of ether oxygens (including phenoxy) is 4. The minimum Gasteiger partial charge on any atom is -0.466 e. The van der Waals surface area contributed by atoms with Crippen LogP contribution in [0.15, 0.2) is 60.7 Å². The summed E-state index contributed by atoms with van der Waals surface area (Å²) in [5.74, 6) is -1.55. The van der Waals surface area contributed by atoms with E-state index in [1.165, 1.54) is 14.2 Å². The van der Waals surface area contributed by atoms with Crippen LogP contribution in [0.1, 0.15) is 23.3 Å². The van der Waals surface area contributed by atoms with Crippen molar-refractivity contribution in [2.45, 2.75) is 12.2 Å². The Morgan fingerprint density at radius 1 is 0.654 bits per heavy atom. The molecule has 7 nitrogen and oxygen atoms in total. The standard InChI is InChI=1S/C19H18O7/c1-23-17(20)15(13-9-5-3-6-10-13)25-19(22)26-16(18(21)24-2)14-11-7-4-8-12-14/h3-12,15-16H,1-2H3/t15-,16-/m1/s1. The van der Waals surface area contributed by atoms with Gasteiger partial charge in [0, 0.05) is 11.1 Å². The van der Waals surface area contributed by atoms with Crippen molar-refractivity contribution in [1.82, 2.24) is 0 Å². The molecule has 0 fully saturated rings. The summed E-state index contributed by atoms with van der Waals surface area (Å²) >= 11 is 0. The average Bonchev–Trinajstić information content (AvgIpc) is 2.70. The normalized spacial score (nSPS) is 12.4. The van der Waals surface area contributed by atoms with E-state index in [1.807, 2.05) is 0 Å². The highest BCUT2D eigenvalue weighted by Gasteiger charge is 2.31. The zero-order valence-corrected chi connectivity index (χ0v) is 14.3. The van der Waals surface area contributed by atoms with E-state index in [0.29, 0.717) is 11.1 Å². The van der Waals surface area contributed by atoms with Gasteiger partial charge in [0.2, 0.25) is 12.2 Å². The van der Waals surface area contributed by atoms with Crippen molar-refractivity contribution in [3.05, 3.63) is 71.8 Å². The summed E-state index contributed by atoms with van der Waals surface area (Å²) in [7, 11) is 2.35. The molecule has 2 aromatic carbocycles. The number of carbonyl (C=O) groups excluding carboxylic acids is 3. The maximum atomic E-state index is 12.2. The van der Waals surface area contributed by atoms with Gasteiger partial charge in [-0.3, -0.25) is 0 Å². The van der Waals surface area contributed by atoms with E-state index in [0.717, 1.165) is 0 Å². The molecule has 0 bridgehead atoms. The van der Waals surface area contributed by atoms with Crippen molar-refractivity contribution in [1.29, 1.82) is 0 Å². The van der Waals surface area contributed by atoms with E-state index in [9.17, 15) is 14.4 Å². The van der Waals surface area contributed by atoms with Crippen molar-refractivity contribution < 1.29 is 33.3 Å². The number of rotatable bonds is 6. The third kappa shape index (κ3) is 4.83. The van der Waals surface area contributed by atoms with Gasteiger partial charge >= 0.3 is 18.1 Å². The van der Waals surface area contributed by atoms with Crippen molar-refractivity contribution in [2.24, 2.45) is 0 Å². The molecule has 0 amide bonds. The molecule has 0 aliphatic rings. The van der Waals surface area contributed by atoms with Gasteiger partial charge in [-0.2, -0.15) is 0 Å². The molecule has 0 aromatic heterocycles. The Kier molecular flexibility index (Phi) is 6.73. The lowest BCUT2D eigenvalue weighted by atomic mass is 10.1. The molecule has 2 aromatic rings. The van der Waals surface area contributed by atoms with Gasteiger partial charge in [-0.1, -0.05) is 60.7 Å². The summed E-state index contributed by atoms with van der Waals surface area (Å²) in [5.41, 5.74) is 0.816. The fourth-order valence-corrected chi connectivity index (χ4v) is 2.19. The molecule has 0 unspecified atom stereocenters. The number of hydrogen-bond donors (Lipinski definition) is 0. The Morgan fingerprint density at radius 3 is 1.31 bits per heavy atom. The molecular formula is C19H18O7. The highest BCUT2D eigenvalue weighted by molar-refractivity contribution is 5.81. The topological polar surface area (TPSA) is 88.1 Å². The van der Waals surface area contributed by atoms with E-state index in [-0.39, 0.29) is 0 Å². The molecule has 0 saturated carbocycles. The van der Waals surface area contributed by atoms with Crippen LogP contribution in [0.25, 0.3) is 0 Å². The predicted molar refractivity (Wildman–Crippen MR) is 90.0 cm³/mol. The largest absolute Gasteiger partial charge is 0.510 e. The Labute approximate surface area is 150 Å². The van der Waals surface area contributed by atoms with Crippen LogP contribution in [0.4, 0.5) is 4.79 Å². The third-order valence-electron chi connectivity index (χ3n) is 3.46. The van der Waals surface area contributed by atoms with Crippen LogP contribution in [0.2, 0.25) is 0 Å². The van der Waals surface area contributed by atoms with Crippen LogP contribution in [0, 0.1) is 0 Å². The number of carbonyl (C=O) groups is 3. The Hall–Kier alpha value is -3.35. The molecule has 0 saturated heterocycles. The fourth-order valence-electron chi connectivity index (χ4n) is 2.19. The second-order valence-corrected chi connectivity index (χ2v) is 5.11. The first-order valence-electron chi connectivity index (χ1n) is 7.69. The highest BCUT2D eigenvalue weighted by atomic mass is 16.7. The number of hydrogen-bond acceptors (Lipinski definition) is 7. The Morgan fingerprint density at radius 2 is 1.00 bits per heavy atom. The lowest BCUT2D eigenvalue weighted by Gasteiger charge is -2.19. The smallest absolute Gasteiger partial charge is 0.466 e. The van der Waals surface area contributed by atoms with Crippen LogP contribution in [-0.4, -0.2) is 32.3 Å². The van der Waals surface area contributed by atoms with E-state index < -0.39 is 30.3 Å². The van der Waals surface area contributed by atoms with Crippen molar-refractivity contribution >= 4 is 18.1 Å². The Balaban J connectivity index is 2.17. The van der Waals surface area contributed by atoms with Gasteiger partial charge in [0.1, 0.15) is 0 Å². The number of esters is 2. The van der Waals surface area contributed by atoms with E-state index >= 15 is 0 Å². The SMILES string of the molecule is COC(=O)[C@H](OC(=O)O[C@@H](C(=O)OC)c1ccccc1)c1ccccc1. The third-order valence-corrected chi connectivity index (χ3v) is 3.46. The molecule has 0 aliphatic heterocycles. The van der Waals surface area contributed by atoms with Gasteiger partial charge in [0.15, 0.2) is 0 Å². The predicted octanol–water partition coefficient (Wildman–Crippen LogP) is 2.97. The molecule has 0 aliphatic carbocycles. The number of benzene rings is 2. The summed E-state index contributed by atoms with van der Waals surface area (Å²) in [6.45, 7) is 0. The van der Waals surface area contributed by atoms with Crippen molar-refractivity contribution in [3.8, 4) is 0 Å². The lowest BCUT2D eigenvalue weighted by molar-refractivity contribution is -0.157. The van der Waals surface area contributed by atoms with Crippen LogP contribution >= 0.6 is 0 Å². The summed E-state index contributed by atoms with van der Waals surface area (Å²) in [5, 5.41) is 0. The molecule has 2 atom stereocenters.